The molecule has 174 valence electrons. The first-order valence-electron chi connectivity index (χ1n) is 11.0. The van der Waals surface area contributed by atoms with E-state index < -0.39 is 28.8 Å². The molecule has 0 aromatic carbocycles. The van der Waals surface area contributed by atoms with Crippen molar-refractivity contribution >= 4 is 35.9 Å². The van der Waals surface area contributed by atoms with Gasteiger partial charge in [0.05, 0.1) is 19.6 Å². The first-order chi connectivity index (χ1) is 15.2. The van der Waals surface area contributed by atoms with Gasteiger partial charge in [0.15, 0.2) is 12.4 Å². The predicted octanol–water partition coefficient (Wildman–Crippen LogP) is 1.52. The maximum Gasteiger partial charge on any atom is 0.372 e. The van der Waals surface area contributed by atoms with E-state index in [1.165, 1.54) is 29.3 Å². The number of piperidine rings is 1. The summed E-state index contributed by atoms with van der Waals surface area (Å²) in [6.07, 6.45) is 9.17. The molecule has 0 bridgehead atoms. The summed E-state index contributed by atoms with van der Waals surface area (Å²) in [5.41, 5.74) is 0. The SMILES string of the molecule is CC1(C)S[C@@H]2[C@H](N=C[N+]3(CCCn4ccnc4C(=O)O)CCCCC3)C(=O)N2[C@H]1C(=O)O. The number of carboxylic acid groups (broad SMARTS) is 2. The van der Waals surface area contributed by atoms with E-state index in [2.05, 4.69) is 4.98 Å². The van der Waals surface area contributed by atoms with Crippen LogP contribution >= 0.6 is 11.8 Å². The number of β-lactam (4-membered cyclic amide) rings is 1. The van der Waals surface area contributed by atoms with Crippen molar-refractivity contribution in [1.82, 2.24) is 14.5 Å². The number of nitrogens with zero attached hydrogens (tertiary/aromatic N) is 5. The number of likely N-dealkylation sites (tertiary alicyclic amines) is 1. The van der Waals surface area contributed by atoms with Gasteiger partial charge in [-0.3, -0.25) is 9.28 Å². The number of imidazole rings is 1. The van der Waals surface area contributed by atoms with Gasteiger partial charge in [0.25, 0.3) is 5.91 Å². The highest BCUT2D eigenvalue weighted by atomic mass is 32.2. The summed E-state index contributed by atoms with van der Waals surface area (Å²) in [5, 5.41) is 18.6. The standard InChI is InChI=1S/C21H29N5O5S/c1-21(2)15(19(28)29)25-17(27)14(18(25)32-21)23-13-26(10-4-3-5-11-26)12-6-8-24-9-7-22-16(24)20(30)31/h7,9,13-15,18H,3-6,8,10-12H2,1-2H3,(H-,28,29,30,31)/p+1/t14-,15+,18-/m1/s1. The number of hydrogen-bond acceptors (Lipinski definition) is 6. The van der Waals surface area contributed by atoms with Gasteiger partial charge in [0.2, 0.25) is 5.82 Å². The molecule has 11 heteroatoms. The Hall–Kier alpha value is -2.40. The monoisotopic (exact) mass is 464 g/mol. The van der Waals surface area contributed by atoms with E-state index in [1.807, 2.05) is 20.2 Å². The molecule has 1 amide bonds. The molecule has 1 aromatic heterocycles. The van der Waals surface area contributed by atoms with Gasteiger partial charge in [-0.1, -0.05) is 0 Å². The number of aromatic carboxylic acids is 1. The molecule has 4 rings (SSSR count). The average molecular weight is 465 g/mol. The van der Waals surface area contributed by atoms with E-state index in [4.69, 9.17) is 4.99 Å². The first-order valence-corrected chi connectivity index (χ1v) is 11.9. The highest BCUT2D eigenvalue weighted by Gasteiger charge is 2.64. The lowest BCUT2D eigenvalue weighted by atomic mass is 9.96. The van der Waals surface area contributed by atoms with Crippen molar-refractivity contribution in [3.8, 4) is 0 Å². The fourth-order valence-electron chi connectivity index (χ4n) is 5.13. The number of amides is 1. The average Bonchev–Trinajstić information content (AvgIpc) is 3.29. The van der Waals surface area contributed by atoms with Gasteiger partial charge in [0.1, 0.15) is 11.4 Å². The number of fused-ring (bicyclic) bond motifs is 1. The van der Waals surface area contributed by atoms with Gasteiger partial charge in [-0.05, 0) is 33.1 Å². The molecule has 3 saturated heterocycles. The minimum Gasteiger partial charge on any atom is -0.480 e. The zero-order chi connectivity index (χ0) is 23.1. The first kappa shape index (κ1) is 22.8. The largest absolute Gasteiger partial charge is 0.480 e. The molecule has 4 heterocycles. The fourth-order valence-corrected chi connectivity index (χ4v) is 6.75. The van der Waals surface area contributed by atoms with Crippen LogP contribution in [-0.4, -0.2) is 95.2 Å². The number of aryl methyl sites for hydroxylation is 1. The van der Waals surface area contributed by atoms with Gasteiger partial charge in [-0.2, -0.15) is 0 Å². The third-order valence-corrected chi connectivity index (χ3v) is 8.29. The minimum absolute atomic E-state index is 0.0397. The van der Waals surface area contributed by atoms with Crippen LogP contribution in [0.3, 0.4) is 0 Å². The Balaban J connectivity index is 1.44. The molecule has 32 heavy (non-hydrogen) atoms. The van der Waals surface area contributed by atoms with Crippen LogP contribution in [0.5, 0.6) is 0 Å². The number of quaternary nitrogens is 1. The molecular weight excluding hydrogens is 434 g/mol. The summed E-state index contributed by atoms with van der Waals surface area (Å²) in [4.78, 5) is 45.8. The molecule has 10 nitrogen and oxygen atoms in total. The van der Waals surface area contributed by atoms with Crippen molar-refractivity contribution < 1.29 is 29.1 Å². The van der Waals surface area contributed by atoms with E-state index in [-0.39, 0.29) is 17.1 Å². The number of carboxylic acids is 2. The molecule has 3 aliphatic rings. The minimum atomic E-state index is -1.04. The highest BCUT2D eigenvalue weighted by Crippen LogP contribution is 2.51. The van der Waals surface area contributed by atoms with Crippen LogP contribution in [0.2, 0.25) is 0 Å². The number of aliphatic carboxylic acids is 1. The molecule has 2 N–H and O–H groups in total. The molecule has 3 atom stereocenters. The molecule has 0 radical (unpaired) electrons. The van der Waals surface area contributed by atoms with Crippen molar-refractivity contribution in [1.29, 1.82) is 0 Å². The number of aliphatic imine (C=N–C) groups is 1. The second-order valence-corrected chi connectivity index (χ2v) is 11.1. The van der Waals surface area contributed by atoms with E-state index in [0.717, 1.165) is 38.9 Å². The maximum absolute atomic E-state index is 12.8. The van der Waals surface area contributed by atoms with E-state index in [9.17, 15) is 24.6 Å². The van der Waals surface area contributed by atoms with Crippen molar-refractivity contribution in [2.24, 2.45) is 4.99 Å². The van der Waals surface area contributed by atoms with Crippen molar-refractivity contribution in [2.75, 3.05) is 19.6 Å². The number of hydrogen-bond donors (Lipinski definition) is 2. The Morgan fingerprint density at radius 1 is 1.31 bits per heavy atom. The van der Waals surface area contributed by atoms with Gasteiger partial charge in [0, 0.05) is 30.1 Å². The van der Waals surface area contributed by atoms with Crippen LogP contribution in [0.25, 0.3) is 0 Å². The van der Waals surface area contributed by atoms with Gasteiger partial charge < -0.3 is 19.7 Å². The summed E-state index contributed by atoms with van der Waals surface area (Å²) in [6.45, 7) is 6.95. The zero-order valence-corrected chi connectivity index (χ0v) is 19.2. The van der Waals surface area contributed by atoms with Crippen LogP contribution in [0.1, 0.15) is 50.1 Å². The molecule has 0 saturated carbocycles. The molecule has 3 fully saturated rings. The Labute approximate surface area is 190 Å². The van der Waals surface area contributed by atoms with Crippen molar-refractivity contribution in [2.45, 2.75) is 68.3 Å². The van der Waals surface area contributed by atoms with E-state index in [0.29, 0.717) is 11.0 Å². The van der Waals surface area contributed by atoms with Crippen LogP contribution in [0, 0.1) is 0 Å². The van der Waals surface area contributed by atoms with E-state index in [1.54, 1.807) is 10.8 Å². The zero-order valence-electron chi connectivity index (χ0n) is 18.4. The third kappa shape index (κ3) is 4.03. The number of rotatable bonds is 8. The van der Waals surface area contributed by atoms with Crippen molar-refractivity contribution in [3.05, 3.63) is 18.2 Å². The molecule has 0 unspecified atom stereocenters. The number of carbonyl (C=O) groups is 3. The summed E-state index contributed by atoms with van der Waals surface area (Å²) in [5.74, 6) is -2.18. The van der Waals surface area contributed by atoms with E-state index >= 15 is 0 Å². The van der Waals surface area contributed by atoms with Crippen LogP contribution < -0.4 is 0 Å². The summed E-state index contributed by atoms with van der Waals surface area (Å²) < 4.78 is 1.76. The fraction of sp³-hybridized carbons (Fsp3) is 0.667. The summed E-state index contributed by atoms with van der Waals surface area (Å²) in [6, 6.07) is -1.36. The molecule has 1 aromatic rings. The van der Waals surface area contributed by atoms with Crippen LogP contribution in [0.4, 0.5) is 0 Å². The Kier molecular flexibility index (Phi) is 6.06. The molecule has 0 spiro atoms. The summed E-state index contributed by atoms with van der Waals surface area (Å²) >= 11 is 1.51. The number of carbonyl (C=O) groups excluding carboxylic acids is 1. The topological polar surface area (TPSA) is 125 Å². The second kappa shape index (κ2) is 8.51. The highest BCUT2D eigenvalue weighted by molar-refractivity contribution is 8.01. The Bertz CT molecular complexity index is 939. The lowest BCUT2D eigenvalue weighted by molar-refractivity contribution is -0.841. The molecule has 3 aliphatic heterocycles. The van der Waals surface area contributed by atoms with Crippen molar-refractivity contribution in [3.63, 3.8) is 0 Å². The van der Waals surface area contributed by atoms with Gasteiger partial charge >= 0.3 is 11.9 Å². The lowest BCUT2D eigenvalue weighted by Crippen LogP contribution is -2.65. The predicted molar refractivity (Wildman–Crippen MR) is 119 cm³/mol. The lowest BCUT2D eigenvalue weighted by Gasteiger charge is -2.42. The number of thioether (sulfide) groups is 1. The number of aromatic nitrogens is 2. The van der Waals surface area contributed by atoms with Gasteiger partial charge in [-0.25, -0.2) is 19.6 Å². The normalized spacial score (nSPS) is 28.5. The third-order valence-electron chi connectivity index (χ3n) is 6.74. The Morgan fingerprint density at radius 2 is 2.03 bits per heavy atom. The molecular formula is C21H30N5O5S+. The summed E-state index contributed by atoms with van der Waals surface area (Å²) in [7, 11) is 0. The van der Waals surface area contributed by atoms with Crippen LogP contribution in [0.15, 0.2) is 17.4 Å². The molecule has 0 aliphatic carbocycles. The maximum atomic E-state index is 12.8. The second-order valence-electron chi connectivity index (χ2n) is 9.36. The smallest absolute Gasteiger partial charge is 0.372 e. The quantitative estimate of drug-likeness (QED) is 0.259. The van der Waals surface area contributed by atoms with Gasteiger partial charge in [-0.15, -0.1) is 11.8 Å². The Morgan fingerprint density at radius 3 is 2.69 bits per heavy atom. The van der Waals surface area contributed by atoms with Crippen LogP contribution in [-0.2, 0) is 16.1 Å².